The number of carbonyl (C=O) groups is 1. The number of ether oxygens (including phenoxy) is 1. The number of nitrogens with one attached hydrogen (secondary N) is 2. The third-order valence-corrected chi connectivity index (χ3v) is 4.90. The van der Waals surface area contributed by atoms with Gasteiger partial charge in [-0.25, -0.2) is 14.8 Å². The van der Waals surface area contributed by atoms with Crippen molar-refractivity contribution in [3.63, 3.8) is 0 Å². The van der Waals surface area contributed by atoms with Crippen LogP contribution in [0.25, 0.3) is 33.6 Å². The van der Waals surface area contributed by atoms with Gasteiger partial charge in [-0.2, -0.15) is 0 Å². The first-order valence-corrected chi connectivity index (χ1v) is 11.0. The minimum atomic E-state index is -0.513. The van der Waals surface area contributed by atoms with E-state index in [2.05, 4.69) is 32.7 Å². The van der Waals surface area contributed by atoms with Gasteiger partial charge in [0, 0.05) is 24.2 Å². The summed E-state index contributed by atoms with van der Waals surface area (Å²) in [5.74, 6) is 1.45. The SMILES string of the molecule is CC(C)(C)OC(=O)NCCCNc1ncnc2oc(-c3ccccc3)c(-c3ccccc3)c12. The van der Waals surface area contributed by atoms with Crippen molar-refractivity contribution >= 4 is 23.0 Å². The van der Waals surface area contributed by atoms with Crippen molar-refractivity contribution < 1.29 is 13.9 Å². The third kappa shape index (κ3) is 5.49. The van der Waals surface area contributed by atoms with E-state index in [1.807, 2.05) is 69.3 Å². The van der Waals surface area contributed by atoms with E-state index >= 15 is 0 Å². The smallest absolute Gasteiger partial charge is 0.407 e. The Balaban J connectivity index is 1.57. The van der Waals surface area contributed by atoms with Gasteiger partial charge < -0.3 is 19.8 Å². The second kappa shape index (κ2) is 9.73. The lowest BCUT2D eigenvalue weighted by atomic mass is 9.99. The highest BCUT2D eigenvalue weighted by molar-refractivity contribution is 6.05. The average Bonchev–Trinajstić information content (AvgIpc) is 3.19. The van der Waals surface area contributed by atoms with Crippen molar-refractivity contribution in [2.24, 2.45) is 0 Å². The molecule has 1 amide bonds. The molecule has 33 heavy (non-hydrogen) atoms. The number of anilines is 1. The molecule has 0 radical (unpaired) electrons. The Bertz CT molecular complexity index is 1220. The number of aromatic nitrogens is 2. The Morgan fingerprint density at radius 2 is 1.61 bits per heavy atom. The summed E-state index contributed by atoms with van der Waals surface area (Å²) in [6.07, 6.45) is 1.78. The summed E-state index contributed by atoms with van der Waals surface area (Å²) in [5.41, 5.74) is 2.96. The number of amides is 1. The molecule has 2 aromatic heterocycles. The van der Waals surface area contributed by atoms with Gasteiger partial charge in [0.1, 0.15) is 23.5 Å². The van der Waals surface area contributed by atoms with Crippen LogP contribution in [0.5, 0.6) is 0 Å². The van der Waals surface area contributed by atoms with Crippen LogP contribution >= 0.6 is 0 Å². The van der Waals surface area contributed by atoms with Gasteiger partial charge in [-0.1, -0.05) is 60.7 Å². The van der Waals surface area contributed by atoms with Gasteiger partial charge in [-0.15, -0.1) is 0 Å². The molecule has 0 aliphatic rings. The van der Waals surface area contributed by atoms with E-state index in [1.165, 1.54) is 6.33 Å². The lowest BCUT2D eigenvalue weighted by Crippen LogP contribution is -2.33. The zero-order valence-electron chi connectivity index (χ0n) is 19.1. The Morgan fingerprint density at radius 1 is 0.939 bits per heavy atom. The lowest BCUT2D eigenvalue weighted by molar-refractivity contribution is 0.0528. The van der Waals surface area contributed by atoms with Crippen molar-refractivity contribution in [2.45, 2.75) is 32.8 Å². The van der Waals surface area contributed by atoms with Crippen LogP contribution in [-0.2, 0) is 4.74 Å². The van der Waals surface area contributed by atoms with Gasteiger partial charge in [-0.05, 0) is 32.8 Å². The molecule has 7 heteroatoms. The first kappa shape index (κ1) is 22.3. The van der Waals surface area contributed by atoms with Gasteiger partial charge in [0.25, 0.3) is 0 Å². The van der Waals surface area contributed by atoms with Crippen molar-refractivity contribution in [1.29, 1.82) is 0 Å². The molecule has 0 unspecified atom stereocenters. The highest BCUT2D eigenvalue weighted by atomic mass is 16.6. The number of benzene rings is 2. The molecule has 7 nitrogen and oxygen atoms in total. The first-order chi connectivity index (χ1) is 15.9. The quantitative estimate of drug-likeness (QED) is 0.346. The normalized spacial score (nSPS) is 11.4. The number of nitrogens with zero attached hydrogens (tertiary/aromatic N) is 2. The van der Waals surface area contributed by atoms with E-state index in [1.54, 1.807) is 0 Å². The van der Waals surface area contributed by atoms with Crippen LogP contribution in [0.1, 0.15) is 27.2 Å². The molecule has 4 rings (SSSR count). The van der Waals surface area contributed by atoms with Gasteiger partial charge >= 0.3 is 6.09 Å². The van der Waals surface area contributed by atoms with E-state index in [-0.39, 0.29) is 0 Å². The summed E-state index contributed by atoms with van der Waals surface area (Å²) in [6.45, 7) is 6.62. The van der Waals surface area contributed by atoms with E-state index in [0.717, 1.165) is 27.8 Å². The number of carbonyl (C=O) groups excluding carboxylic acids is 1. The molecule has 2 aromatic carbocycles. The Labute approximate surface area is 193 Å². The molecule has 0 saturated carbocycles. The summed E-state index contributed by atoms with van der Waals surface area (Å²) in [4.78, 5) is 20.7. The number of furan rings is 1. The molecule has 0 saturated heterocycles. The van der Waals surface area contributed by atoms with Gasteiger partial charge in [0.05, 0.1) is 5.39 Å². The zero-order chi connectivity index (χ0) is 23.3. The molecule has 0 bridgehead atoms. The first-order valence-electron chi connectivity index (χ1n) is 11.0. The maximum Gasteiger partial charge on any atom is 0.407 e. The molecular formula is C26H28N4O3. The van der Waals surface area contributed by atoms with E-state index < -0.39 is 11.7 Å². The predicted octanol–water partition coefficient (Wildman–Crippen LogP) is 5.88. The highest BCUT2D eigenvalue weighted by Crippen LogP contribution is 2.42. The summed E-state index contributed by atoms with van der Waals surface area (Å²) < 4.78 is 11.5. The average molecular weight is 445 g/mol. The molecule has 2 heterocycles. The standard InChI is InChI=1S/C26H28N4O3/c1-26(2,3)33-25(31)28-16-10-15-27-23-21-20(18-11-6-4-7-12-18)22(19-13-8-5-9-14-19)32-24(21)30-17-29-23/h4-9,11-14,17H,10,15-16H2,1-3H3,(H,28,31)(H,27,29,30). The molecule has 0 aliphatic carbocycles. The minimum absolute atomic E-state index is 0.416. The Kier molecular flexibility index (Phi) is 6.58. The topological polar surface area (TPSA) is 89.3 Å². The van der Waals surface area contributed by atoms with Crippen LogP contribution < -0.4 is 10.6 Å². The van der Waals surface area contributed by atoms with E-state index in [9.17, 15) is 4.79 Å². The van der Waals surface area contributed by atoms with Gasteiger partial charge in [0.15, 0.2) is 0 Å². The van der Waals surface area contributed by atoms with Crippen LogP contribution in [0.3, 0.4) is 0 Å². The predicted molar refractivity (Wildman–Crippen MR) is 130 cm³/mol. The molecule has 170 valence electrons. The summed E-state index contributed by atoms with van der Waals surface area (Å²) in [5, 5.41) is 6.99. The fraction of sp³-hybridized carbons (Fsp3) is 0.269. The molecular weight excluding hydrogens is 416 g/mol. The highest BCUT2D eigenvalue weighted by Gasteiger charge is 2.22. The second-order valence-corrected chi connectivity index (χ2v) is 8.65. The van der Waals surface area contributed by atoms with Crippen molar-refractivity contribution in [2.75, 3.05) is 18.4 Å². The Hall–Kier alpha value is -3.87. The molecule has 2 N–H and O–H groups in total. The summed E-state index contributed by atoms with van der Waals surface area (Å²) in [6, 6.07) is 20.1. The van der Waals surface area contributed by atoms with Crippen LogP contribution in [0.4, 0.5) is 10.6 Å². The third-order valence-electron chi connectivity index (χ3n) is 4.90. The maximum absolute atomic E-state index is 11.8. The number of hydrogen-bond acceptors (Lipinski definition) is 6. The van der Waals surface area contributed by atoms with Crippen LogP contribution in [-0.4, -0.2) is 34.8 Å². The summed E-state index contributed by atoms with van der Waals surface area (Å²) in [7, 11) is 0. The lowest BCUT2D eigenvalue weighted by Gasteiger charge is -2.19. The zero-order valence-corrected chi connectivity index (χ0v) is 19.1. The van der Waals surface area contributed by atoms with Crippen molar-refractivity contribution in [3.05, 3.63) is 67.0 Å². The number of fused-ring (bicyclic) bond motifs is 1. The number of hydrogen-bond donors (Lipinski definition) is 2. The van der Waals surface area contributed by atoms with Crippen molar-refractivity contribution in [1.82, 2.24) is 15.3 Å². The Morgan fingerprint density at radius 3 is 2.27 bits per heavy atom. The maximum atomic E-state index is 11.8. The molecule has 0 aliphatic heterocycles. The largest absolute Gasteiger partial charge is 0.444 e. The fourth-order valence-electron chi connectivity index (χ4n) is 3.54. The van der Waals surface area contributed by atoms with Gasteiger partial charge in [-0.3, -0.25) is 0 Å². The number of rotatable bonds is 7. The monoisotopic (exact) mass is 444 g/mol. The number of alkyl carbamates (subject to hydrolysis) is 1. The van der Waals surface area contributed by atoms with Crippen molar-refractivity contribution in [3.8, 4) is 22.5 Å². The molecule has 4 aromatic rings. The molecule has 0 spiro atoms. The molecule has 0 atom stereocenters. The molecule has 0 fully saturated rings. The second-order valence-electron chi connectivity index (χ2n) is 8.65. The van der Waals surface area contributed by atoms with Crippen LogP contribution in [0, 0.1) is 0 Å². The van der Waals surface area contributed by atoms with E-state index in [4.69, 9.17) is 9.15 Å². The van der Waals surface area contributed by atoms with E-state index in [0.29, 0.717) is 31.0 Å². The van der Waals surface area contributed by atoms with Gasteiger partial charge in [0.2, 0.25) is 5.71 Å². The minimum Gasteiger partial charge on any atom is -0.444 e. The summed E-state index contributed by atoms with van der Waals surface area (Å²) >= 11 is 0. The van der Waals surface area contributed by atoms with Crippen LogP contribution in [0.2, 0.25) is 0 Å². The fourth-order valence-corrected chi connectivity index (χ4v) is 3.54. The van der Waals surface area contributed by atoms with Crippen LogP contribution in [0.15, 0.2) is 71.4 Å².